The second-order valence-electron chi connectivity index (χ2n) is 3.40. The molecule has 2 N–H and O–H groups in total. The Kier molecular flexibility index (Phi) is 2.97. The van der Waals surface area contributed by atoms with E-state index in [0.717, 1.165) is 0 Å². The predicted octanol–water partition coefficient (Wildman–Crippen LogP) is 1.84. The van der Waals surface area contributed by atoms with Crippen molar-refractivity contribution in [1.29, 1.82) is 0 Å². The van der Waals surface area contributed by atoms with Crippen LogP contribution in [0.3, 0.4) is 0 Å². The zero-order valence-corrected chi connectivity index (χ0v) is 8.77. The average Bonchev–Trinajstić information content (AvgIpc) is 2.33. The fourth-order valence-corrected chi connectivity index (χ4v) is 1.38. The number of hydrogen-bond acceptors (Lipinski definition) is 3. The van der Waals surface area contributed by atoms with E-state index >= 15 is 0 Å². The molecule has 0 atom stereocenters. The third-order valence-corrected chi connectivity index (χ3v) is 2.17. The van der Waals surface area contributed by atoms with Crippen molar-refractivity contribution in [2.45, 2.75) is 0 Å². The minimum Gasteiger partial charge on any atom is -0.493 e. The zero-order chi connectivity index (χ0) is 14.3. The van der Waals surface area contributed by atoms with Crippen LogP contribution in [0.25, 0.3) is 11.4 Å². The molecule has 0 amide bonds. The summed E-state index contributed by atoms with van der Waals surface area (Å²) in [5.41, 5.74) is -2.45. The summed E-state index contributed by atoms with van der Waals surface area (Å²) in [6, 6.07) is 0.565. The van der Waals surface area contributed by atoms with Gasteiger partial charge in [-0.3, -0.25) is 4.79 Å². The van der Waals surface area contributed by atoms with Crippen molar-refractivity contribution < 1.29 is 27.1 Å². The lowest BCUT2D eigenvalue weighted by molar-refractivity contribution is 0.380. The fourth-order valence-electron chi connectivity index (χ4n) is 1.38. The van der Waals surface area contributed by atoms with E-state index in [1.165, 1.54) is 0 Å². The van der Waals surface area contributed by atoms with Crippen molar-refractivity contribution in [3.05, 3.63) is 45.5 Å². The maximum absolute atomic E-state index is 13.4. The lowest BCUT2D eigenvalue weighted by atomic mass is 10.1. The van der Waals surface area contributed by atoms with Gasteiger partial charge in [-0.15, -0.1) is 0 Å². The summed E-state index contributed by atoms with van der Waals surface area (Å²) >= 11 is 0. The van der Waals surface area contributed by atoms with Gasteiger partial charge in [-0.05, 0) is 0 Å². The lowest BCUT2D eigenvalue weighted by Gasteiger charge is -2.07. The van der Waals surface area contributed by atoms with Gasteiger partial charge in [0.05, 0.1) is 11.6 Å². The van der Waals surface area contributed by atoms with E-state index in [0.29, 0.717) is 6.07 Å². The Bertz CT molecular complexity index is 700. The Labute approximate surface area is 101 Å². The van der Waals surface area contributed by atoms with Gasteiger partial charge in [-0.1, -0.05) is 0 Å². The van der Waals surface area contributed by atoms with Gasteiger partial charge in [-0.25, -0.2) is 22.0 Å². The molecule has 0 saturated carbocycles. The molecule has 100 valence electrons. The SMILES string of the molecule is O=c1cc(O)nc(-c2c(F)c(F)c(F)c(F)c2F)[nH]1. The Balaban J connectivity index is 2.86. The summed E-state index contributed by atoms with van der Waals surface area (Å²) < 4.78 is 65.5. The summed E-state index contributed by atoms with van der Waals surface area (Å²) in [5.74, 6) is -12.9. The van der Waals surface area contributed by atoms with Crippen molar-refractivity contribution in [1.82, 2.24) is 9.97 Å². The van der Waals surface area contributed by atoms with E-state index in [1.807, 2.05) is 0 Å². The Hall–Kier alpha value is -2.45. The highest BCUT2D eigenvalue weighted by Gasteiger charge is 2.28. The number of benzene rings is 1. The first-order valence-electron chi connectivity index (χ1n) is 4.65. The van der Waals surface area contributed by atoms with E-state index < -0.39 is 51.9 Å². The van der Waals surface area contributed by atoms with Crippen LogP contribution < -0.4 is 5.56 Å². The molecule has 0 unspecified atom stereocenters. The number of halogens is 5. The first-order chi connectivity index (χ1) is 8.82. The molecule has 9 heteroatoms. The minimum absolute atomic E-state index is 0.565. The molecule has 0 bridgehead atoms. The van der Waals surface area contributed by atoms with E-state index in [2.05, 4.69) is 4.98 Å². The van der Waals surface area contributed by atoms with Crippen LogP contribution in [-0.2, 0) is 0 Å². The minimum atomic E-state index is -2.33. The zero-order valence-electron chi connectivity index (χ0n) is 8.77. The molecule has 2 aromatic rings. The fraction of sp³-hybridized carbons (Fsp3) is 0. The number of aromatic nitrogens is 2. The molecular formula is C10H3F5N2O2. The van der Waals surface area contributed by atoms with Crippen LogP contribution in [0.5, 0.6) is 5.88 Å². The van der Waals surface area contributed by atoms with Gasteiger partial charge < -0.3 is 10.1 Å². The van der Waals surface area contributed by atoms with E-state index in [9.17, 15) is 26.7 Å². The first kappa shape index (κ1) is 13.0. The predicted molar refractivity (Wildman–Crippen MR) is 51.7 cm³/mol. The Morgan fingerprint density at radius 2 is 1.42 bits per heavy atom. The molecule has 0 radical (unpaired) electrons. The molecule has 2 rings (SSSR count). The van der Waals surface area contributed by atoms with E-state index in [-0.39, 0.29) is 0 Å². The Morgan fingerprint density at radius 3 is 1.89 bits per heavy atom. The van der Waals surface area contributed by atoms with Gasteiger partial charge >= 0.3 is 0 Å². The summed E-state index contributed by atoms with van der Waals surface area (Å²) in [6.07, 6.45) is 0. The molecule has 19 heavy (non-hydrogen) atoms. The van der Waals surface area contributed by atoms with Crippen molar-refractivity contribution in [2.75, 3.05) is 0 Å². The first-order valence-corrected chi connectivity index (χ1v) is 4.65. The van der Waals surface area contributed by atoms with Crippen molar-refractivity contribution in [3.63, 3.8) is 0 Å². The largest absolute Gasteiger partial charge is 0.493 e. The highest BCUT2D eigenvalue weighted by Crippen LogP contribution is 2.29. The Morgan fingerprint density at radius 1 is 0.947 bits per heavy atom. The van der Waals surface area contributed by atoms with Gasteiger partial charge in [0, 0.05) is 0 Å². The molecule has 0 aliphatic rings. The van der Waals surface area contributed by atoms with Crippen LogP contribution in [0.4, 0.5) is 22.0 Å². The van der Waals surface area contributed by atoms with Crippen molar-refractivity contribution in [3.8, 4) is 17.3 Å². The number of hydrogen-bond donors (Lipinski definition) is 2. The third-order valence-electron chi connectivity index (χ3n) is 2.17. The maximum Gasteiger partial charge on any atom is 0.254 e. The average molecular weight is 278 g/mol. The van der Waals surface area contributed by atoms with Gasteiger partial charge in [0.25, 0.3) is 5.56 Å². The van der Waals surface area contributed by atoms with E-state index in [4.69, 9.17) is 5.11 Å². The van der Waals surface area contributed by atoms with Crippen LogP contribution in [-0.4, -0.2) is 15.1 Å². The highest BCUT2D eigenvalue weighted by atomic mass is 19.2. The molecule has 0 aliphatic carbocycles. The van der Waals surface area contributed by atoms with Gasteiger partial charge in [0.1, 0.15) is 5.82 Å². The van der Waals surface area contributed by atoms with Gasteiger partial charge in [0.2, 0.25) is 11.7 Å². The molecular weight excluding hydrogens is 275 g/mol. The number of nitrogens with zero attached hydrogens (tertiary/aromatic N) is 1. The molecule has 4 nitrogen and oxygen atoms in total. The normalized spacial score (nSPS) is 10.8. The van der Waals surface area contributed by atoms with Gasteiger partial charge in [-0.2, -0.15) is 4.98 Å². The quantitative estimate of drug-likeness (QED) is 0.475. The third kappa shape index (κ3) is 2.02. The second-order valence-corrected chi connectivity index (χ2v) is 3.40. The van der Waals surface area contributed by atoms with Crippen LogP contribution in [0.1, 0.15) is 0 Å². The standard InChI is InChI=1S/C10H3F5N2O2/c11-5-4(6(12)8(14)9(15)7(5)13)10-16-2(18)1-3(19)17-10/h1H,(H2,16,17,18,19). The monoisotopic (exact) mass is 278 g/mol. The van der Waals surface area contributed by atoms with Crippen LogP contribution >= 0.6 is 0 Å². The van der Waals surface area contributed by atoms with Crippen molar-refractivity contribution in [2.24, 2.45) is 0 Å². The molecule has 1 aromatic heterocycles. The molecule has 1 aromatic carbocycles. The lowest BCUT2D eigenvalue weighted by Crippen LogP contribution is -2.11. The van der Waals surface area contributed by atoms with E-state index in [1.54, 1.807) is 4.98 Å². The molecule has 0 saturated heterocycles. The second kappa shape index (κ2) is 4.34. The molecule has 1 heterocycles. The summed E-state index contributed by atoms with van der Waals surface area (Å²) in [7, 11) is 0. The number of rotatable bonds is 1. The summed E-state index contributed by atoms with van der Waals surface area (Å²) in [4.78, 5) is 15.8. The summed E-state index contributed by atoms with van der Waals surface area (Å²) in [5, 5.41) is 8.99. The maximum atomic E-state index is 13.4. The van der Waals surface area contributed by atoms with Gasteiger partial charge in [0.15, 0.2) is 23.3 Å². The van der Waals surface area contributed by atoms with Crippen LogP contribution in [0.15, 0.2) is 10.9 Å². The number of aromatic hydroxyl groups is 1. The molecule has 0 spiro atoms. The van der Waals surface area contributed by atoms with Crippen LogP contribution in [0, 0.1) is 29.1 Å². The van der Waals surface area contributed by atoms with Crippen molar-refractivity contribution >= 4 is 0 Å². The number of aromatic amines is 1. The molecule has 0 aliphatic heterocycles. The smallest absolute Gasteiger partial charge is 0.254 e. The highest BCUT2D eigenvalue weighted by molar-refractivity contribution is 5.57. The number of H-pyrrole nitrogens is 1. The molecule has 0 fully saturated rings. The number of nitrogens with one attached hydrogen (secondary N) is 1. The summed E-state index contributed by atoms with van der Waals surface area (Å²) in [6.45, 7) is 0. The van der Waals surface area contributed by atoms with Crippen LogP contribution in [0.2, 0.25) is 0 Å². The topological polar surface area (TPSA) is 66.0 Å².